The van der Waals surface area contributed by atoms with Gasteiger partial charge in [-0.3, -0.25) is 0 Å². The summed E-state index contributed by atoms with van der Waals surface area (Å²) in [5.41, 5.74) is 8.86. The van der Waals surface area contributed by atoms with Crippen molar-refractivity contribution in [2.75, 3.05) is 0 Å². The van der Waals surface area contributed by atoms with Crippen LogP contribution in [0.3, 0.4) is 0 Å². The zero-order chi connectivity index (χ0) is 18.3. The van der Waals surface area contributed by atoms with E-state index in [1.807, 2.05) is 50.2 Å². The Kier molecular flexibility index (Phi) is 4.21. The first-order valence-corrected chi connectivity index (χ1v) is 9.02. The van der Waals surface area contributed by atoms with Crippen molar-refractivity contribution in [2.24, 2.45) is 5.73 Å². The van der Waals surface area contributed by atoms with Crippen LogP contribution in [-0.4, -0.2) is 16.2 Å². The maximum atomic E-state index is 6.29. The van der Waals surface area contributed by atoms with Gasteiger partial charge in [-0.1, -0.05) is 28.9 Å². The first-order chi connectivity index (χ1) is 12.4. The third-order valence-electron chi connectivity index (χ3n) is 4.47. The molecule has 0 aliphatic heterocycles. The number of nitrogens with zero attached hydrogens (tertiary/aromatic N) is 2. The van der Waals surface area contributed by atoms with Gasteiger partial charge in [-0.05, 0) is 62.6 Å². The van der Waals surface area contributed by atoms with Gasteiger partial charge in [0.1, 0.15) is 5.75 Å². The van der Waals surface area contributed by atoms with Crippen LogP contribution in [0.25, 0.3) is 22.8 Å². The van der Waals surface area contributed by atoms with Gasteiger partial charge in [-0.15, -0.1) is 0 Å². The molecular formula is C20H20ClN3O2. The van der Waals surface area contributed by atoms with Crippen LogP contribution in [0.2, 0.25) is 5.02 Å². The topological polar surface area (TPSA) is 74.2 Å². The van der Waals surface area contributed by atoms with Crippen molar-refractivity contribution in [2.45, 2.75) is 38.3 Å². The number of rotatable bonds is 5. The van der Waals surface area contributed by atoms with Crippen molar-refractivity contribution in [3.05, 3.63) is 53.1 Å². The van der Waals surface area contributed by atoms with Gasteiger partial charge in [-0.2, -0.15) is 4.98 Å². The summed E-state index contributed by atoms with van der Waals surface area (Å²) in [6.07, 6.45) is 2.13. The molecule has 3 aromatic rings. The molecule has 0 spiro atoms. The molecule has 134 valence electrons. The van der Waals surface area contributed by atoms with E-state index < -0.39 is 0 Å². The van der Waals surface area contributed by atoms with E-state index in [-0.39, 0.29) is 11.6 Å². The van der Waals surface area contributed by atoms with Crippen LogP contribution in [-0.2, 0) is 5.54 Å². The highest BCUT2D eigenvalue weighted by molar-refractivity contribution is 6.32. The Bertz CT molecular complexity index is 930. The Morgan fingerprint density at radius 1 is 1.12 bits per heavy atom. The zero-order valence-corrected chi connectivity index (χ0v) is 15.5. The van der Waals surface area contributed by atoms with Crippen LogP contribution < -0.4 is 10.5 Å². The van der Waals surface area contributed by atoms with Gasteiger partial charge in [-0.25, -0.2) is 0 Å². The molecule has 0 saturated heterocycles. The summed E-state index contributed by atoms with van der Waals surface area (Å²) in [5, 5.41) is 4.59. The highest BCUT2D eigenvalue weighted by atomic mass is 35.5. The highest BCUT2D eigenvalue weighted by Crippen LogP contribution is 2.43. The van der Waals surface area contributed by atoms with Crippen molar-refractivity contribution >= 4 is 11.6 Å². The molecule has 1 aliphatic carbocycles. The van der Waals surface area contributed by atoms with E-state index in [4.69, 9.17) is 26.6 Å². The van der Waals surface area contributed by atoms with Gasteiger partial charge in [0.2, 0.25) is 5.82 Å². The second kappa shape index (κ2) is 6.41. The summed E-state index contributed by atoms with van der Waals surface area (Å²) in [4.78, 5) is 4.48. The monoisotopic (exact) mass is 369 g/mol. The fraction of sp³-hybridized carbons (Fsp3) is 0.300. The Labute approximate surface area is 157 Å². The molecule has 1 heterocycles. The molecule has 1 fully saturated rings. The summed E-state index contributed by atoms with van der Waals surface area (Å²) >= 11 is 6.29. The highest BCUT2D eigenvalue weighted by Gasteiger charge is 2.39. The lowest BCUT2D eigenvalue weighted by molar-refractivity contribution is 0.242. The van der Waals surface area contributed by atoms with Crippen molar-refractivity contribution < 1.29 is 9.26 Å². The Balaban J connectivity index is 1.57. The quantitative estimate of drug-likeness (QED) is 0.699. The molecule has 0 unspecified atom stereocenters. The molecule has 1 aliphatic rings. The van der Waals surface area contributed by atoms with E-state index in [1.165, 1.54) is 0 Å². The number of ether oxygens (including phenoxy) is 1. The molecule has 2 N–H and O–H groups in total. The molecular weight excluding hydrogens is 350 g/mol. The van der Waals surface area contributed by atoms with Gasteiger partial charge in [0.05, 0.1) is 11.1 Å². The molecule has 0 radical (unpaired) electrons. The van der Waals surface area contributed by atoms with Crippen LogP contribution in [0.5, 0.6) is 5.75 Å². The Morgan fingerprint density at radius 3 is 2.42 bits per heavy atom. The lowest BCUT2D eigenvalue weighted by Crippen LogP contribution is -2.18. The van der Waals surface area contributed by atoms with E-state index in [0.29, 0.717) is 22.5 Å². The van der Waals surface area contributed by atoms with Crippen molar-refractivity contribution in [3.8, 4) is 28.6 Å². The van der Waals surface area contributed by atoms with Crippen molar-refractivity contribution in [1.29, 1.82) is 0 Å². The average Bonchev–Trinajstić information content (AvgIpc) is 3.19. The predicted octanol–water partition coefficient (Wildman–Crippen LogP) is 4.79. The molecule has 26 heavy (non-hydrogen) atoms. The molecule has 1 aromatic heterocycles. The minimum atomic E-state index is -0.144. The minimum Gasteiger partial charge on any atom is -0.489 e. The van der Waals surface area contributed by atoms with Gasteiger partial charge >= 0.3 is 0 Å². The van der Waals surface area contributed by atoms with Crippen LogP contribution in [0.1, 0.15) is 32.3 Å². The van der Waals surface area contributed by atoms with E-state index in [9.17, 15) is 0 Å². The molecule has 1 saturated carbocycles. The third kappa shape index (κ3) is 3.32. The van der Waals surface area contributed by atoms with E-state index in [1.54, 1.807) is 6.07 Å². The molecule has 5 nitrogen and oxygen atoms in total. The van der Waals surface area contributed by atoms with E-state index >= 15 is 0 Å². The summed E-state index contributed by atoms with van der Waals surface area (Å²) in [6.45, 7) is 3.91. The molecule has 0 bridgehead atoms. The van der Waals surface area contributed by atoms with Crippen LogP contribution >= 0.6 is 11.6 Å². The normalized spacial score (nSPS) is 15.3. The summed E-state index contributed by atoms with van der Waals surface area (Å²) in [5.74, 6) is 1.59. The predicted molar refractivity (Wildman–Crippen MR) is 101 cm³/mol. The standard InChI is InChI=1S/C20H20ClN3O2/c1-12(2)25-17-8-5-14(11-16(17)21)18-23-19(26-24-18)13-3-6-15(7-4-13)20(22)9-10-20/h3-8,11-12H,9-10,22H2,1-2H3. The number of benzene rings is 2. The molecule has 4 rings (SSSR count). The number of hydrogen-bond acceptors (Lipinski definition) is 5. The Hall–Kier alpha value is -2.37. The molecule has 2 aromatic carbocycles. The fourth-order valence-electron chi connectivity index (χ4n) is 2.82. The summed E-state index contributed by atoms with van der Waals surface area (Å²) < 4.78 is 11.1. The van der Waals surface area contributed by atoms with Crippen LogP contribution in [0.4, 0.5) is 0 Å². The van der Waals surface area contributed by atoms with Gasteiger partial charge in [0.25, 0.3) is 5.89 Å². The van der Waals surface area contributed by atoms with Crippen LogP contribution in [0.15, 0.2) is 47.0 Å². The summed E-state index contributed by atoms with van der Waals surface area (Å²) in [6, 6.07) is 13.5. The number of halogens is 1. The van der Waals surface area contributed by atoms with Gasteiger partial charge in [0.15, 0.2) is 0 Å². The Morgan fingerprint density at radius 2 is 1.81 bits per heavy atom. The van der Waals surface area contributed by atoms with Crippen molar-refractivity contribution in [1.82, 2.24) is 10.1 Å². The zero-order valence-electron chi connectivity index (χ0n) is 14.7. The van der Waals surface area contributed by atoms with E-state index in [2.05, 4.69) is 10.1 Å². The van der Waals surface area contributed by atoms with E-state index in [0.717, 1.165) is 29.5 Å². The molecule has 6 heteroatoms. The van der Waals surface area contributed by atoms with Gasteiger partial charge < -0.3 is 15.0 Å². The first kappa shape index (κ1) is 17.1. The first-order valence-electron chi connectivity index (χ1n) is 8.65. The number of nitrogens with two attached hydrogens (primary N) is 1. The van der Waals surface area contributed by atoms with Gasteiger partial charge in [0, 0.05) is 16.7 Å². The third-order valence-corrected chi connectivity index (χ3v) is 4.77. The lowest BCUT2D eigenvalue weighted by atomic mass is 10.0. The number of aromatic nitrogens is 2. The second-order valence-electron chi connectivity index (χ2n) is 6.97. The van der Waals surface area contributed by atoms with Crippen LogP contribution in [0, 0.1) is 0 Å². The average molecular weight is 370 g/mol. The SMILES string of the molecule is CC(C)Oc1ccc(-c2noc(-c3ccc(C4(N)CC4)cc3)n2)cc1Cl. The maximum absolute atomic E-state index is 6.29. The molecule has 0 atom stereocenters. The second-order valence-corrected chi connectivity index (χ2v) is 7.38. The lowest BCUT2D eigenvalue weighted by Gasteiger charge is -2.11. The number of hydrogen-bond donors (Lipinski definition) is 1. The van der Waals surface area contributed by atoms with Crippen molar-refractivity contribution in [3.63, 3.8) is 0 Å². The maximum Gasteiger partial charge on any atom is 0.258 e. The largest absolute Gasteiger partial charge is 0.489 e. The molecule has 0 amide bonds. The smallest absolute Gasteiger partial charge is 0.258 e. The summed E-state index contributed by atoms with van der Waals surface area (Å²) in [7, 11) is 0. The fourth-order valence-corrected chi connectivity index (χ4v) is 3.04. The minimum absolute atomic E-state index is 0.0568.